The Kier molecular flexibility index (Phi) is 14.0. The summed E-state index contributed by atoms with van der Waals surface area (Å²) < 4.78 is 0. The average molecular weight is 910 g/mol. The van der Waals surface area contributed by atoms with E-state index in [0.29, 0.717) is 27.4 Å². The third kappa shape index (κ3) is 10.1. The van der Waals surface area contributed by atoms with Gasteiger partial charge in [0.1, 0.15) is 10.0 Å². The van der Waals surface area contributed by atoms with Crippen LogP contribution >= 0.6 is 68.0 Å². The van der Waals surface area contributed by atoms with Crippen molar-refractivity contribution in [3.8, 4) is 39.0 Å². The first-order valence-electron chi connectivity index (χ1n) is 21.6. The van der Waals surface area contributed by atoms with Gasteiger partial charge >= 0.3 is 0 Å². The maximum absolute atomic E-state index is 13.6. The number of hydrogen-bond acceptors (Lipinski definition) is 10. The first-order chi connectivity index (χ1) is 29.0. The summed E-state index contributed by atoms with van der Waals surface area (Å²) in [6, 6.07) is 13.5. The molecule has 0 bridgehead atoms. The normalized spacial score (nSPS) is 15.3. The van der Waals surface area contributed by atoms with E-state index >= 15 is 0 Å². The number of Topliss-reactive ketones (excluding diaryl/α,β-unsaturated/α-hetero) is 1. The summed E-state index contributed by atoms with van der Waals surface area (Å²) in [5.74, 6) is 2.78. The Bertz CT molecular complexity index is 2340. The lowest BCUT2D eigenvalue weighted by atomic mass is 9.95. The van der Waals surface area contributed by atoms with Crippen molar-refractivity contribution in [3.05, 3.63) is 91.8 Å². The number of nitrogens with one attached hydrogen (secondary N) is 1. The largest absolute Gasteiger partial charge is 0.319 e. The van der Waals surface area contributed by atoms with Crippen molar-refractivity contribution in [2.24, 2.45) is 23.7 Å². The van der Waals surface area contributed by atoms with Gasteiger partial charge in [-0.1, -0.05) is 80.1 Å². The molecule has 11 heteroatoms. The first kappa shape index (κ1) is 43.3. The fourth-order valence-electron chi connectivity index (χ4n) is 8.10. The quantitative estimate of drug-likeness (QED) is 0.0828. The number of carbonyl (C=O) groups excluding carboxylic acids is 2. The Labute approximate surface area is 379 Å². The monoisotopic (exact) mass is 909 g/mol. The number of amides is 1. The molecule has 1 amide bonds. The molecule has 0 fully saturated rings. The summed E-state index contributed by atoms with van der Waals surface area (Å²) in [7, 11) is 0. The zero-order chi connectivity index (χ0) is 41.9. The first-order valence-corrected chi connectivity index (χ1v) is 26.6. The van der Waals surface area contributed by atoms with E-state index in [4.69, 9.17) is 9.97 Å². The van der Waals surface area contributed by atoms with Crippen LogP contribution in [0, 0.1) is 23.7 Å². The van der Waals surface area contributed by atoms with Gasteiger partial charge in [0.2, 0.25) is 0 Å². The van der Waals surface area contributed by atoms with Crippen molar-refractivity contribution >= 4 is 91.0 Å². The second-order valence-corrected chi connectivity index (χ2v) is 23.7. The molecule has 6 aromatic rings. The second kappa shape index (κ2) is 19.4. The lowest BCUT2D eigenvalue weighted by Gasteiger charge is -2.11. The van der Waals surface area contributed by atoms with Gasteiger partial charge in [0.25, 0.3) is 5.91 Å². The van der Waals surface area contributed by atoms with Gasteiger partial charge < -0.3 is 5.32 Å². The van der Waals surface area contributed by atoms with Crippen LogP contribution in [0.3, 0.4) is 0 Å². The number of carbonyl (C=O) groups is 2. The minimum absolute atomic E-state index is 0.0597. The Balaban J connectivity index is 0.917. The van der Waals surface area contributed by atoms with Crippen molar-refractivity contribution in [3.63, 3.8) is 0 Å². The van der Waals surface area contributed by atoms with Crippen molar-refractivity contribution in [2.75, 3.05) is 0 Å². The van der Waals surface area contributed by atoms with Gasteiger partial charge in [0.05, 0.1) is 26.6 Å². The lowest BCUT2D eigenvalue weighted by molar-refractivity contribution is -0.116. The molecule has 0 aromatic carbocycles. The number of fused-ring (bicyclic) bond motifs is 1. The van der Waals surface area contributed by atoms with Crippen LogP contribution in [0.5, 0.6) is 0 Å². The van der Waals surface area contributed by atoms with E-state index in [0.717, 1.165) is 61.0 Å². The summed E-state index contributed by atoms with van der Waals surface area (Å²) in [4.78, 5) is 46.2. The van der Waals surface area contributed by atoms with Gasteiger partial charge in [-0.25, -0.2) is 9.97 Å². The standard InChI is InChI=1S/C49H55N3O2S6/c1-28(2)9-7-11-30(5)13-15-32-21-40(55-26-32)36-17-19-38(57-36)42-24-50-48(59-42)34-23-35(53)45-44(34)47(54)52-46(45)49-51-25-43(60-49)39-20-18-37(58-39)41-22-33(27-56-41)16-14-31(6)12-8-10-29(3)4/h17-22,24-31H,7-16,23H2,1-6H3,(H,52,54)/t30-,31-/m0/s1. The van der Waals surface area contributed by atoms with E-state index < -0.39 is 0 Å². The number of aromatic nitrogens is 2. The molecule has 1 N–H and O–H groups in total. The molecule has 0 unspecified atom stereocenters. The Hall–Kier alpha value is -3.32. The van der Waals surface area contributed by atoms with E-state index in [1.54, 1.807) is 34.0 Å². The van der Waals surface area contributed by atoms with Crippen molar-refractivity contribution in [1.82, 2.24) is 15.3 Å². The summed E-state index contributed by atoms with van der Waals surface area (Å²) in [6.45, 7) is 14.0. The zero-order valence-corrected chi connectivity index (χ0v) is 40.4. The molecule has 0 spiro atoms. The molecule has 6 aromatic heterocycles. The molecule has 0 radical (unpaired) electrons. The van der Waals surface area contributed by atoms with Crippen LogP contribution in [-0.2, 0) is 22.4 Å². The topological polar surface area (TPSA) is 72.0 Å². The predicted octanol–water partition coefficient (Wildman–Crippen LogP) is 15.6. The van der Waals surface area contributed by atoms with Gasteiger partial charge in [-0.3, -0.25) is 9.59 Å². The molecule has 0 saturated carbocycles. The molecule has 5 nitrogen and oxygen atoms in total. The highest BCUT2D eigenvalue weighted by molar-refractivity contribution is 7.27. The highest BCUT2D eigenvalue weighted by Gasteiger charge is 2.42. The van der Waals surface area contributed by atoms with Crippen LogP contribution in [0.15, 0.2) is 70.7 Å². The summed E-state index contributed by atoms with van der Waals surface area (Å²) in [5, 5.41) is 9.05. The Morgan fingerprint density at radius 3 is 1.57 bits per heavy atom. The summed E-state index contributed by atoms with van der Waals surface area (Å²) in [5.41, 5.74) is 5.01. The molecular formula is C49H55N3O2S6. The van der Waals surface area contributed by atoms with E-state index in [9.17, 15) is 9.59 Å². The van der Waals surface area contributed by atoms with E-state index in [1.165, 1.54) is 93.3 Å². The molecule has 1 aliphatic carbocycles. The maximum Gasteiger partial charge on any atom is 0.256 e. The third-order valence-corrected chi connectivity index (χ3v) is 18.6. The molecule has 1 aliphatic heterocycles. The summed E-state index contributed by atoms with van der Waals surface area (Å²) >= 11 is 10.3. The summed E-state index contributed by atoms with van der Waals surface area (Å²) in [6.07, 6.45) is 16.6. The fraction of sp³-hybridized carbons (Fsp3) is 0.429. The highest BCUT2D eigenvalue weighted by atomic mass is 32.1. The SMILES string of the molecule is CC(C)CCC[C@H](C)CCc1csc(-c2ccc(-c3cnc(C4=C5C(=O)NC(c6ncc(-c7ccc(-c8cc(CC[C@@H](C)CCCC(C)C)cs8)s7)s6)=C5C(=O)C4)s3)s2)c1. The van der Waals surface area contributed by atoms with Crippen molar-refractivity contribution in [1.29, 1.82) is 0 Å². The lowest BCUT2D eigenvalue weighted by Crippen LogP contribution is -2.16. The number of hydrogen-bond donors (Lipinski definition) is 1. The molecule has 314 valence electrons. The van der Waals surface area contributed by atoms with Gasteiger partial charge in [0.15, 0.2) is 5.78 Å². The van der Waals surface area contributed by atoms with E-state index in [1.807, 2.05) is 35.1 Å². The zero-order valence-electron chi connectivity index (χ0n) is 35.5. The van der Waals surface area contributed by atoms with Crippen LogP contribution in [0.4, 0.5) is 0 Å². The minimum atomic E-state index is -0.247. The molecule has 8 rings (SSSR count). The Morgan fingerprint density at radius 2 is 1.05 bits per heavy atom. The number of aryl methyl sites for hydroxylation is 2. The maximum atomic E-state index is 13.6. The average Bonchev–Trinajstić information content (AvgIpc) is 4.07. The van der Waals surface area contributed by atoms with E-state index in [-0.39, 0.29) is 18.1 Å². The molecule has 0 saturated heterocycles. The smallest absolute Gasteiger partial charge is 0.256 e. The highest BCUT2D eigenvalue weighted by Crippen LogP contribution is 2.47. The third-order valence-electron chi connectivity index (χ3n) is 11.7. The number of thiazole rings is 2. The van der Waals surface area contributed by atoms with Crippen LogP contribution in [0.25, 0.3) is 50.3 Å². The number of rotatable bonds is 20. The number of thiophene rings is 4. The van der Waals surface area contributed by atoms with Crippen LogP contribution in [0.2, 0.25) is 0 Å². The molecule has 7 heterocycles. The van der Waals surface area contributed by atoms with Gasteiger partial charge in [0, 0.05) is 53.7 Å². The number of nitrogens with zero attached hydrogens (tertiary/aromatic N) is 2. The van der Waals surface area contributed by atoms with Gasteiger partial charge in [-0.15, -0.1) is 68.0 Å². The van der Waals surface area contributed by atoms with Crippen LogP contribution in [-0.4, -0.2) is 21.7 Å². The fourth-order valence-corrected chi connectivity index (χ4v) is 14.2. The second-order valence-electron chi connectivity index (χ2n) is 17.6. The number of ketones is 1. The van der Waals surface area contributed by atoms with Gasteiger partial charge in [-0.05, 0) is 108 Å². The minimum Gasteiger partial charge on any atom is -0.319 e. The molecule has 2 atom stereocenters. The number of allylic oxidation sites excluding steroid dienone is 1. The van der Waals surface area contributed by atoms with Crippen LogP contribution in [0.1, 0.15) is 120 Å². The molecule has 60 heavy (non-hydrogen) atoms. The Morgan fingerprint density at radius 1 is 0.567 bits per heavy atom. The van der Waals surface area contributed by atoms with E-state index in [2.05, 4.69) is 94.0 Å². The molecular weight excluding hydrogens is 855 g/mol. The predicted molar refractivity (Wildman–Crippen MR) is 261 cm³/mol. The van der Waals surface area contributed by atoms with Crippen LogP contribution < -0.4 is 5.32 Å². The molecule has 2 aliphatic rings. The van der Waals surface area contributed by atoms with Gasteiger partial charge in [-0.2, -0.15) is 0 Å². The van der Waals surface area contributed by atoms with Crippen molar-refractivity contribution < 1.29 is 9.59 Å². The van der Waals surface area contributed by atoms with Crippen molar-refractivity contribution in [2.45, 2.75) is 112 Å².